The summed E-state index contributed by atoms with van der Waals surface area (Å²) >= 11 is 0. The van der Waals surface area contributed by atoms with Crippen molar-refractivity contribution in [1.29, 1.82) is 0 Å². The SMILES string of the molecule is Cc1c(N2CCc3cnc(Nc4ccc(CC(=O)N5CC(N6CCC(c7ccc(OC8CCC(=O)NC8=O)cc7)CC6)C5)cc4)nc3C2)cnc2c1N(C(=O)OC(C)(C)C)CCO2. The lowest BCUT2D eigenvalue weighted by Gasteiger charge is -2.47. The quantitative estimate of drug-likeness (QED) is 0.204. The number of rotatable bonds is 9. The summed E-state index contributed by atoms with van der Waals surface area (Å²) in [5, 5.41) is 5.68. The van der Waals surface area contributed by atoms with Crippen LogP contribution >= 0.6 is 0 Å². The summed E-state index contributed by atoms with van der Waals surface area (Å²) in [6.45, 7) is 13.1. The number of carbonyl (C=O) groups is 4. The van der Waals surface area contributed by atoms with Gasteiger partial charge in [0.2, 0.25) is 23.6 Å². The van der Waals surface area contributed by atoms with Crippen LogP contribution in [0, 0.1) is 6.92 Å². The van der Waals surface area contributed by atoms with E-state index in [9.17, 15) is 19.2 Å². The van der Waals surface area contributed by atoms with Crippen LogP contribution in [-0.2, 0) is 38.5 Å². The first-order chi connectivity index (χ1) is 30.3. The topological polar surface area (TPSA) is 172 Å². The van der Waals surface area contributed by atoms with Crippen LogP contribution in [0.5, 0.6) is 11.6 Å². The Hall–Kier alpha value is -6.29. The van der Waals surface area contributed by atoms with Crippen molar-refractivity contribution in [2.45, 2.75) is 96.4 Å². The lowest BCUT2D eigenvalue weighted by atomic mass is 9.88. The zero-order chi connectivity index (χ0) is 43.8. The molecule has 0 spiro atoms. The maximum Gasteiger partial charge on any atom is 0.415 e. The van der Waals surface area contributed by atoms with E-state index in [0.29, 0.717) is 67.8 Å². The molecule has 5 aliphatic rings. The van der Waals surface area contributed by atoms with Gasteiger partial charge in [-0.1, -0.05) is 24.3 Å². The number of piperidine rings is 2. The number of aromatic nitrogens is 3. The van der Waals surface area contributed by atoms with Crippen LogP contribution in [0.3, 0.4) is 0 Å². The fourth-order valence-corrected chi connectivity index (χ4v) is 9.09. The van der Waals surface area contributed by atoms with Crippen LogP contribution in [0.25, 0.3) is 0 Å². The summed E-state index contributed by atoms with van der Waals surface area (Å²) in [4.78, 5) is 72.4. The van der Waals surface area contributed by atoms with Crippen LogP contribution in [0.2, 0.25) is 0 Å². The third-order valence-corrected chi connectivity index (χ3v) is 12.6. The van der Waals surface area contributed by atoms with Gasteiger partial charge in [-0.25, -0.2) is 19.7 Å². The molecule has 16 nitrogen and oxygen atoms in total. The molecule has 9 rings (SSSR count). The number of hydrogen-bond acceptors (Lipinski definition) is 13. The molecule has 16 heteroatoms. The molecule has 1 unspecified atom stereocenters. The Balaban J connectivity index is 0.735. The highest BCUT2D eigenvalue weighted by Gasteiger charge is 2.37. The van der Waals surface area contributed by atoms with E-state index in [1.54, 1.807) is 4.90 Å². The van der Waals surface area contributed by atoms with Crippen LogP contribution in [-0.4, -0.2) is 112 Å². The number of anilines is 4. The molecule has 63 heavy (non-hydrogen) atoms. The van der Waals surface area contributed by atoms with E-state index in [0.717, 1.165) is 85.7 Å². The van der Waals surface area contributed by atoms with Gasteiger partial charge in [-0.2, -0.15) is 0 Å². The Morgan fingerprint density at radius 1 is 0.921 bits per heavy atom. The largest absolute Gasteiger partial charge is 0.481 e. The van der Waals surface area contributed by atoms with Crippen molar-refractivity contribution in [3.63, 3.8) is 0 Å². The fraction of sp³-hybridized carbons (Fsp3) is 0.468. The molecule has 0 bridgehead atoms. The maximum atomic E-state index is 13.3. The molecule has 330 valence electrons. The second-order valence-electron chi connectivity index (χ2n) is 18.1. The van der Waals surface area contributed by atoms with Crippen molar-refractivity contribution in [3.05, 3.63) is 88.9 Å². The summed E-state index contributed by atoms with van der Waals surface area (Å²) in [6, 6.07) is 16.3. The first kappa shape index (κ1) is 42.0. The average Bonchev–Trinajstić information content (AvgIpc) is 3.24. The number of benzene rings is 2. The van der Waals surface area contributed by atoms with Crippen molar-refractivity contribution in [2.24, 2.45) is 0 Å². The average molecular weight is 858 g/mol. The zero-order valence-electron chi connectivity index (χ0n) is 36.4. The standard InChI is InChI=1S/C47H55N9O7/c1-29-38(25-48-44-42(29)56(21-22-61-44)46(60)63-47(2,3)4)54-20-17-33-24-49-45(51-37(33)28-54)50-34-9-5-30(6-10-34)23-41(58)55-26-35(27-55)53-18-15-32(16-19-53)31-7-11-36(12-8-31)62-39-13-14-40(57)52-43(39)59/h5-12,24-25,32,35,39H,13-23,26-28H2,1-4H3,(H,49,50,51)(H,52,57,59). The predicted octanol–water partition coefficient (Wildman–Crippen LogP) is 5.44. The minimum atomic E-state index is -0.637. The number of fused-ring (bicyclic) bond motifs is 2. The molecule has 4 aromatic rings. The van der Waals surface area contributed by atoms with Crippen LogP contribution in [0.4, 0.5) is 27.8 Å². The number of carbonyl (C=O) groups excluding carboxylic acids is 4. The Morgan fingerprint density at radius 3 is 2.41 bits per heavy atom. The molecule has 0 radical (unpaired) electrons. The van der Waals surface area contributed by atoms with Gasteiger partial charge in [-0.05, 0) is 107 Å². The molecule has 1 atom stereocenters. The number of pyridine rings is 1. The van der Waals surface area contributed by atoms with Crippen molar-refractivity contribution in [2.75, 3.05) is 61.0 Å². The lowest BCUT2D eigenvalue weighted by Crippen LogP contribution is -2.62. The Bertz CT molecular complexity index is 2370. The highest BCUT2D eigenvalue weighted by Crippen LogP contribution is 2.40. The van der Waals surface area contributed by atoms with Crippen LogP contribution < -0.4 is 29.9 Å². The highest BCUT2D eigenvalue weighted by atomic mass is 16.6. The van der Waals surface area contributed by atoms with E-state index in [1.807, 2.05) is 81.4 Å². The monoisotopic (exact) mass is 857 g/mol. The van der Waals surface area contributed by atoms with Gasteiger partial charge in [0.25, 0.3) is 5.91 Å². The fourth-order valence-electron chi connectivity index (χ4n) is 9.09. The third-order valence-electron chi connectivity index (χ3n) is 12.6. The first-order valence-corrected chi connectivity index (χ1v) is 22.0. The van der Waals surface area contributed by atoms with Gasteiger partial charge < -0.3 is 29.3 Å². The number of amides is 4. The van der Waals surface area contributed by atoms with Gasteiger partial charge in [0, 0.05) is 56.0 Å². The van der Waals surface area contributed by atoms with Crippen molar-refractivity contribution in [1.82, 2.24) is 30.1 Å². The normalized spacial score (nSPS) is 19.6. The number of ether oxygens (including phenoxy) is 3. The summed E-state index contributed by atoms with van der Waals surface area (Å²) in [5.74, 6) is 1.52. The van der Waals surface area contributed by atoms with Crippen LogP contribution in [0.15, 0.2) is 60.9 Å². The highest BCUT2D eigenvalue weighted by molar-refractivity contribution is 6.00. The van der Waals surface area contributed by atoms with E-state index in [1.165, 1.54) is 5.56 Å². The van der Waals surface area contributed by atoms with E-state index >= 15 is 0 Å². The summed E-state index contributed by atoms with van der Waals surface area (Å²) in [5.41, 5.74) is 6.88. The van der Waals surface area contributed by atoms with Crippen molar-refractivity contribution >= 4 is 46.8 Å². The Morgan fingerprint density at radius 2 is 1.68 bits per heavy atom. The molecule has 4 amide bonds. The molecule has 0 saturated carbocycles. The molecule has 3 fully saturated rings. The number of hydrogen-bond donors (Lipinski definition) is 2. The number of likely N-dealkylation sites (tertiary alicyclic amines) is 2. The van der Waals surface area contributed by atoms with E-state index < -0.39 is 17.8 Å². The smallest absolute Gasteiger partial charge is 0.415 e. The van der Waals surface area contributed by atoms with Gasteiger partial charge in [0.15, 0.2) is 6.10 Å². The van der Waals surface area contributed by atoms with Gasteiger partial charge >= 0.3 is 6.09 Å². The molecule has 0 aliphatic carbocycles. The molecule has 2 aromatic carbocycles. The third kappa shape index (κ3) is 9.41. The van der Waals surface area contributed by atoms with Gasteiger partial charge in [0.1, 0.15) is 23.6 Å². The first-order valence-electron chi connectivity index (χ1n) is 22.0. The van der Waals surface area contributed by atoms with E-state index in [-0.39, 0.29) is 24.1 Å². The number of imide groups is 1. The second kappa shape index (κ2) is 17.5. The summed E-state index contributed by atoms with van der Waals surface area (Å²) in [6.07, 6.45) is 6.54. The van der Waals surface area contributed by atoms with Gasteiger partial charge in [-0.3, -0.25) is 29.5 Å². The van der Waals surface area contributed by atoms with Crippen molar-refractivity contribution in [3.8, 4) is 11.6 Å². The summed E-state index contributed by atoms with van der Waals surface area (Å²) in [7, 11) is 0. The minimum Gasteiger partial charge on any atom is -0.481 e. The van der Waals surface area contributed by atoms with E-state index in [2.05, 4.69) is 42.5 Å². The second-order valence-corrected chi connectivity index (χ2v) is 18.1. The maximum absolute atomic E-state index is 13.3. The molecular weight excluding hydrogens is 803 g/mol. The summed E-state index contributed by atoms with van der Waals surface area (Å²) < 4.78 is 17.4. The number of nitrogens with zero attached hydrogens (tertiary/aromatic N) is 7. The Labute approximate surface area is 367 Å². The molecule has 2 N–H and O–H groups in total. The molecule has 7 heterocycles. The molecular formula is C47H55N9O7. The van der Waals surface area contributed by atoms with E-state index in [4.69, 9.17) is 19.2 Å². The molecule has 2 aromatic heterocycles. The van der Waals surface area contributed by atoms with Gasteiger partial charge in [-0.15, -0.1) is 0 Å². The van der Waals surface area contributed by atoms with Crippen LogP contribution in [0.1, 0.15) is 80.3 Å². The lowest BCUT2D eigenvalue weighted by molar-refractivity contribution is -0.139. The van der Waals surface area contributed by atoms with Crippen molar-refractivity contribution < 1.29 is 33.4 Å². The van der Waals surface area contributed by atoms with Gasteiger partial charge in [0.05, 0.1) is 37.1 Å². The number of nitrogens with one attached hydrogen (secondary N) is 2. The zero-order valence-corrected chi connectivity index (χ0v) is 36.4. The molecule has 3 saturated heterocycles. The Kier molecular flexibility index (Phi) is 11.7. The minimum absolute atomic E-state index is 0.137. The molecule has 5 aliphatic heterocycles. The predicted molar refractivity (Wildman–Crippen MR) is 235 cm³/mol.